The van der Waals surface area contributed by atoms with Crippen molar-refractivity contribution in [1.82, 2.24) is 0 Å². The molecule has 0 bridgehead atoms. The van der Waals surface area contributed by atoms with Crippen LogP contribution in [0.2, 0.25) is 0 Å². The molecule has 26 heavy (non-hydrogen) atoms. The van der Waals surface area contributed by atoms with Gasteiger partial charge >= 0.3 is 12.1 Å². The number of quaternary nitrogens is 1. The lowest BCUT2D eigenvalue weighted by Gasteiger charge is -2.41. The Morgan fingerprint density at radius 1 is 1.23 bits per heavy atom. The number of carbonyl (C=O) groups is 1. The minimum atomic E-state index is -4.47. The average molecular weight is 485 g/mol. The Morgan fingerprint density at radius 3 is 2.42 bits per heavy atom. The van der Waals surface area contributed by atoms with Crippen LogP contribution in [0, 0.1) is 0 Å². The van der Waals surface area contributed by atoms with Gasteiger partial charge in [0.1, 0.15) is 12.6 Å². The summed E-state index contributed by atoms with van der Waals surface area (Å²) in [5.74, 6) is -0.706. The van der Waals surface area contributed by atoms with E-state index in [2.05, 4.69) is 14.1 Å². The van der Waals surface area contributed by atoms with Gasteiger partial charge in [-0.1, -0.05) is 12.5 Å². The van der Waals surface area contributed by atoms with Gasteiger partial charge < -0.3 is 33.2 Å². The van der Waals surface area contributed by atoms with Crippen LogP contribution in [0.5, 0.6) is 0 Å². The van der Waals surface area contributed by atoms with Crippen molar-refractivity contribution in [2.75, 3.05) is 20.6 Å². The number of ether oxygens (including phenoxy) is 1. The molecule has 0 aromatic heterocycles. The fourth-order valence-electron chi connectivity index (χ4n) is 3.70. The van der Waals surface area contributed by atoms with E-state index in [9.17, 15) is 18.0 Å². The maximum Gasteiger partial charge on any atom is 0.416 e. The molecule has 1 aliphatic rings. The van der Waals surface area contributed by atoms with Crippen LogP contribution in [0.3, 0.4) is 0 Å². The summed E-state index contributed by atoms with van der Waals surface area (Å²) in [6, 6.07) is 4.92. The molecule has 1 aliphatic carbocycles. The normalized spacial score (nSPS) is 17.3. The number of rotatable bonds is 5. The number of halogens is 4. The summed E-state index contributed by atoms with van der Waals surface area (Å²) in [7, 11) is 4.26. The molecule has 1 aromatic rings. The van der Waals surface area contributed by atoms with E-state index in [0.717, 1.165) is 16.6 Å². The molecule has 1 atom stereocenters. The van der Waals surface area contributed by atoms with E-state index in [1.165, 1.54) is 44.2 Å². The van der Waals surface area contributed by atoms with Gasteiger partial charge in [-0.05, 0) is 50.8 Å². The number of alkyl halides is 3. The number of nitrogens with zero attached hydrogens (tertiary/aromatic N) is 1. The highest BCUT2D eigenvalue weighted by Crippen LogP contribution is 2.30. The lowest BCUT2D eigenvalue weighted by molar-refractivity contribution is -0.918. The van der Waals surface area contributed by atoms with Crippen LogP contribution < -0.4 is 24.0 Å². The third kappa shape index (κ3) is 6.40. The maximum absolute atomic E-state index is 12.8. The standard InChI is InChI=1S/C19H27F3NO2.HI/c1-14(13-23(2,3)17-10-5-4-6-11-17)25-18(24)15-8-7-9-16(12-15)19(20,21)22;/h7-9,12,14,17H,4-6,10-11,13H2,1-3H3;1H/q+1;/p-1. The van der Waals surface area contributed by atoms with E-state index in [0.29, 0.717) is 12.6 Å². The number of hydrogen-bond donors (Lipinski definition) is 0. The van der Waals surface area contributed by atoms with E-state index >= 15 is 0 Å². The lowest BCUT2D eigenvalue weighted by atomic mass is 9.93. The number of benzene rings is 1. The van der Waals surface area contributed by atoms with E-state index in [1.807, 2.05) is 0 Å². The molecule has 0 radical (unpaired) electrons. The highest BCUT2D eigenvalue weighted by molar-refractivity contribution is 5.89. The first-order valence-corrected chi connectivity index (χ1v) is 8.80. The van der Waals surface area contributed by atoms with Gasteiger partial charge in [0.25, 0.3) is 0 Å². The predicted octanol–water partition coefficient (Wildman–Crippen LogP) is 1.66. The highest BCUT2D eigenvalue weighted by Gasteiger charge is 2.33. The zero-order valence-electron chi connectivity index (χ0n) is 15.5. The molecule has 0 saturated heterocycles. The third-order valence-corrected chi connectivity index (χ3v) is 5.02. The van der Waals surface area contributed by atoms with Crippen LogP contribution in [0.4, 0.5) is 13.2 Å². The summed E-state index contributed by atoms with van der Waals surface area (Å²) < 4.78 is 44.5. The first-order chi connectivity index (χ1) is 11.6. The molecule has 0 aliphatic heterocycles. The van der Waals surface area contributed by atoms with Gasteiger partial charge in [0.05, 0.1) is 31.3 Å². The molecule has 2 rings (SSSR count). The first kappa shape index (κ1) is 23.2. The highest BCUT2D eigenvalue weighted by atomic mass is 127. The summed E-state index contributed by atoms with van der Waals surface area (Å²) in [5.41, 5.74) is -0.905. The minimum absolute atomic E-state index is 0. The molecular weight excluding hydrogens is 458 g/mol. The Morgan fingerprint density at radius 2 is 1.85 bits per heavy atom. The fraction of sp³-hybridized carbons (Fsp3) is 0.632. The van der Waals surface area contributed by atoms with Crippen molar-refractivity contribution in [3.63, 3.8) is 0 Å². The Balaban J connectivity index is 0.00000338. The molecule has 0 N–H and O–H groups in total. The molecule has 7 heteroatoms. The van der Waals surface area contributed by atoms with Crippen molar-refractivity contribution in [2.24, 2.45) is 0 Å². The van der Waals surface area contributed by atoms with Crippen LogP contribution in [0.25, 0.3) is 0 Å². The molecule has 0 spiro atoms. The Labute approximate surface area is 170 Å². The van der Waals surface area contributed by atoms with Crippen LogP contribution in [0.15, 0.2) is 24.3 Å². The second-order valence-corrected chi connectivity index (χ2v) is 7.55. The average Bonchev–Trinajstić information content (AvgIpc) is 2.54. The molecule has 148 valence electrons. The van der Waals surface area contributed by atoms with Crippen LogP contribution in [0.1, 0.15) is 54.9 Å². The molecule has 1 unspecified atom stereocenters. The Kier molecular flexibility index (Phi) is 8.38. The Hall–Kier alpha value is -0.830. The number of likely N-dealkylation sites (N-methyl/N-ethyl adjacent to an activating group) is 1. The zero-order chi connectivity index (χ0) is 18.7. The van der Waals surface area contributed by atoms with Gasteiger partial charge in [-0.25, -0.2) is 4.79 Å². The summed E-state index contributed by atoms with van der Waals surface area (Å²) in [6.07, 6.45) is 1.23. The molecule has 0 amide bonds. The van der Waals surface area contributed by atoms with Gasteiger partial charge in [-0.2, -0.15) is 13.2 Å². The SMILES string of the molecule is CC(C[N+](C)(C)C1CCCCC1)OC(=O)c1cccc(C(F)(F)F)c1.[I-]. The van der Waals surface area contributed by atoms with Crippen LogP contribution in [-0.4, -0.2) is 43.2 Å². The molecular formula is C19H27F3INO2. The summed E-state index contributed by atoms with van der Waals surface area (Å²) in [4.78, 5) is 12.2. The Bertz CT molecular complexity index is 599. The summed E-state index contributed by atoms with van der Waals surface area (Å²) in [6.45, 7) is 2.45. The van der Waals surface area contributed by atoms with Gasteiger partial charge in [0.2, 0.25) is 0 Å². The van der Waals surface area contributed by atoms with Crippen LogP contribution in [-0.2, 0) is 10.9 Å². The molecule has 1 aromatic carbocycles. The largest absolute Gasteiger partial charge is 1.00 e. The number of esters is 1. The quantitative estimate of drug-likeness (QED) is 0.361. The second-order valence-electron chi connectivity index (χ2n) is 7.55. The lowest BCUT2D eigenvalue weighted by Crippen LogP contribution is -3.00. The van der Waals surface area contributed by atoms with E-state index in [-0.39, 0.29) is 35.6 Å². The van der Waals surface area contributed by atoms with E-state index in [4.69, 9.17) is 4.74 Å². The van der Waals surface area contributed by atoms with Gasteiger partial charge in [-0.3, -0.25) is 0 Å². The monoisotopic (exact) mass is 485 g/mol. The first-order valence-electron chi connectivity index (χ1n) is 8.80. The van der Waals surface area contributed by atoms with Crippen molar-refractivity contribution in [2.45, 2.75) is 57.3 Å². The molecule has 1 fully saturated rings. The van der Waals surface area contributed by atoms with E-state index in [1.54, 1.807) is 6.92 Å². The van der Waals surface area contributed by atoms with Crippen molar-refractivity contribution in [3.8, 4) is 0 Å². The van der Waals surface area contributed by atoms with Gasteiger partial charge in [0.15, 0.2) is 0 Å². The van der Waals surface area contributed by atoms with Gasteiger partial charge in [-0.15, -0.1) is 0 Å². The van der Waals surface area contributed by atoms with Crippen LogP contribution >= 0.6 is 0 Å². The third-order valence-electron chi connectivity index (χ3n) is 5.02. The topological polar surface area (TPSA) is 26.3 Å². The van der Waals surface area contributed by atoms with Crippen molar-refractivity contribution < 1.29 is 51.2 Å². The number of hydrogen-bond acceptors (Lipinski definition) is 2. The number of carbonyl (C=O) groups excluding carboxylic acids is 1. The van der Waals surface area contributed by atoms with Crippen molar-refractivity contribution in [3.05, 3.63) is 35.4 Å². The smallest absolute Gasteiger partial charge is 0.416 e. The summed E-state index contributed by atoms with van der Waals surface area (Å²) in [5, 5.41) is 0. The second kappa shape index (κ2) is 9.39. The minimum Gasteiger partial charge on any atom is -1.00 e. The van der Waals surface area contributed by atoms with E-state index < -0.39 is 17.7 Å². The molecule has 0 heterocycles. The summed E-state index contributed by atoms with van der Waals surface area (Å²) >= 11 is 0. The maximum atomic E-state index is 12.8. The van der Waals surface area contributed by atoms with Crippen molar-refractivity contribution in [1.29, 1.82) is 0 Å². The zero-order valence-corrected chi connectivity index (χ0v) is 17.6. The van der Waals surface area contributed by atoms with Crippen molar-refractivity contribution >= 4 is 5.97 Å². The molecule has 3 nitrogen and oxygen atoms in total. The fourth-order valence-corrected chi connectivity index (χ4v) is 3.70. The molecule has 1 saturated carbocycles. The van der Waals surface area contributed by atoms with Gasteiger partial charge in [0, 0.05) is 0 Å². The predicted molar refractivity (Wildman–Crippen MR) is 90.2 cm³/mol.